The monoisotopic (exact) mass is 515 g/mol. The van der Waals surface area contributed by atoms with E-state index < -0.39 is 12.0 Å². The Labute approximate surface area is 199 Å². The van der Waals surface area contributed by atoms with E-state index in [0.29, 0.717) is 25.2 Å². The summed E-state index contributed by atoms with van der Waals surface area (Å²) in [6.45, 7) is 0.550. The number of likely N-dealkylation sites (tertiary alicyclic amines) is 1. The highest BCUT2D eigenvalue weighted by atomic mass is 79.9. The lowest BCUT2D eigenvalue weighted by atomic mass is 9.78. The number of ether oxygens (including phenoxy) is 1. The maximum Gasteiger partial charge on any atom is 0.388 e. The number of benzene rings is 2. The Morgan fingerprint density at radius 3 is 2.61 bits per heavy atom. The number of nitrogens with zero attached hydrogens (tertiary/aromatic N) is 2. The van der Waals surface area contributed by atoms with Crippen LogP contribution in [-0.2, 0) is 16.8 Å². The van der Waals surface area contributed by atoms with Gasteiger partial charge in [-0.1, -0.05) is 64.5 Å². The van der Waals surface area contributed by atoms with E-state index in [1.165, 1.54) is 0 Å². The van der Waals surface area contributed by atoms with Gasteiger partial charge in [-0.05, 0) is 49.2 Å². The Morgan fingerprint density at radius 1 is 1.15 bits per heavy atom. The van der Waals surface area contributed by atoms with Gasteiger partial charge in [0, 0.05) is 23.3 Å². The molecule has 2 aromatic carbocycles. The second-order valence-corrected chi connectivity index (χ2v) is 9.00. The Bertz CT molecular complexity index is 1130. The van der Waals surface area contributed by atoms with Gasteiger partial charge in [-0.3, -0.25) is 9.69 Å². The predicted octanol–water partition coefficient (Wildman–Crippen LogP) is 5.54. The van der Waals surface area contributed by atoms with Gasteiger partial charge in [-0.2, -0.15) is 8.78 Å². The van der Waals surface area contributed by atoms with Gasteiger partial charge in [-0.25, -0.2) is 4.98 Å². The van der Waals surface area contributed by atoms with E-state index in [0.717, 1.165) is 22.1 Å². The fourth-order valence-electron chi connectivity index (χ4n) is 4.29. The minimum absolute atomic E-state index is 0.124. The first-order chi connectivity index (χ1) is 15.9. The second-order valence-electron chi connectivity index (χ2n) is 8.15. The minimum atomic E-state index is -3.04. The van der Waals surface area contributed by atoms with Gasteiger partial charge in [0.05, 0.1) is 5.41 Å². The van der Waals surface area contributed by atoms with Crippen molar-refractivity contribution in [3.05, 3.63) is 88.0 Å². The Kier molecular flexibility index (Phi) is 7.05. The molecule has 0 aliphatic carbocycles. The number of pyridine rings is 1. The number of nitrogens with one attached hydrogen (secondary N) is 1. The van der Waals surface area contributed by atoms with E-state index >= 15 is 0 Å². The average molecular weight is 516 g/mol. The van der Waals surface area contributed by atoms with Crippen molar-refractivity contribution < 1.29 is 18.3 Å². The molecule has 1 amide bonds. The van der Waals surface area contributed by atoms with Gasteiger partial charge in [0.25, 0.3) is 0 Å². The van der Waals surface area contributed by atoms with Crippen LogP contribution in [0, 0.1) is 6.92 Å². The van der Waals surface area contributed by atoms with Crippen molar-refractivity contribution in [2.45, 2.75) is 31.9 Å². The molecule has 33 heavy (non-hydrogen) atoms. The quantitative estimate of drug-likeness (QED) is 0.449. The summed E-state index contributed by atoms with van der Waals surface area (Å²) in [5.74, 6) is -0.575. The molecule has 4 rings (SSSR count). The third-order valence-electron chi connectivity index (χ3n) is 5.87. The molecule has 1 aromatic heterocycles. The smallest absolute Gasteiger partial charge is 0.388 e. The second kappa shape index (κ2) is 9.97. The number of carbonyl (C=O) groups is 1. The first kappa shape index (κ1) is 23.3. The highest BCUT2D eigenvalue weighted by Gasteiger charge is 2.47. The largest absolute Gasteiger partial charge is 0.415 e. The number of aryl methyl sites for hydroxylation is 1. The third-order valence-corrected chi connectivity index (χ3v) is 6.56. The molecule has 1 unspecified atom stereocenters. The number of halogens is 3. The summed E-state index contributed by atoms with van der Waals surface area (Å²) in [6, 6.07) is 20.9. The molecule has 1 atom stereocenters. The summed E-state index contributed by atoms with van der Waals surface area (Å²) in [7, 11) is 0. The van der Waals surface area contributed by atoms with Crippen LogP contribution in [0.1, 0.15) is 23.2 Å². The van der Waals surface area contributed by atoms with Crippen molar-refractivity contribution >= 4 is 27.5 Å². The number of amides is 1. The third kappa shape index (κ3) is 5.23. The number of alkyl halides is 2. The molecule has 1 aliphatic heterocycles. The van der Waals surface area contributed by atoms with Crippen molar-refractivity contribution in [2.24, 2.45) is 0 Å². The van der Waals surface area contributed by atoms with E-state index in [4.69, 9.17) is 0 Å². The number of aromatic nitrogens is 1. The van der Waals surface area contributed by atoms with Crippen LogP contribution in [0.25, 0.3) is 0 Å². The van der Waals surface area contributed by atoms with E-state index in [1.54, 1.807) is 19.1 Å². The summed E-state index contributed by atoms with van der Waals surface area (Å²) >= 11 is 3.60. The highest BCUT2D eigenvalue weighted by molar-refractivity contribution is 9.10. The standard InChI is InChI=1S/C25H24BrF2N3O2/c1-17-11-12-21(22(29-17)33-24(27)28)30-23(32)25(19-9-5-6-10-20(19)26)13-14-31(16-25)15-18-7-3-2-4-8-18/h2-12,24H,13-16H2,1H3,(H,30,32). The fraction of sp³-hybridized carbons (Fsp3) is 0.280. The van der Waals surface area contributed by atoms with Crippen molar-refractivity contribution in [3.8, 4) is 5.88 Å². The molecule has 2 heterocycles. The molecule has 0 radical (unpaired) electrons. The number of anilines is 1. The van der Waals surface area contributed by atoms with E-state index in [1.807, 2.05) is 42.5 Å². The lowest BCUT2D eigenvalue weighted by Gasteiger charge is -2.30. The van der Waals surface area contributed by atoms with Crippen LogP contribution in [0.5, 0.6) is 5.88 Å². The van der Waals surface area contributed by atoms with Crippen LogP contribution in [0.4, 0.5) is 14.5 Å². The highest BCUT2D eigenvalue weighted by Crippen LogP contribution is 2.40. The molecule has 5 nitrogen and oxygen atoms in total. The summed E-state index contributed by atoms with van der Waals surface area (Å²) in [6.07, 6.45) is 0.582. The molecular formula is C25H24BrF2N3O2. The summed E-state index contributed by atoms with van der Waals surface area (Å²) < 4.78 is 31.3. The van der Waals surface area contributed by atoms with Gasteiger partial charge in [0.15, 0.2) is 0 Å². The molecular weight excluding hydrogens is 492 g/mol. The molecule has 1 N–H and O–H groups in total. The number of rotatable bonds is 7. The zero-order valence-electron chi connectivity index (χ0n) is 18.1. The van der Waals surface area contributed by atoms with E-state index in [2.05, 4.69) is 48.0 Å². The zero-order chi connectivity index (χ0) is 23.4. The van der Waals surface area contributed by atoms with Crippen molar-refractivity contribution in [1.29, 1.82) is 0 Å². The SMILES string of the molecule is Cc1ccc(NC(=O)C2(c3ccccc3Br)CCN(Cc3ccccc3)C2)c(OC(F)F)n1. The zero-order valence-corrected chi connectivity index (χ0v) is 19.7. The number of hydrogen-bond donors (Lipinski definition) is 1. The predicted molar refractivity (Wildman–Crippen MR) is 126 cm³/mol. The van der Waals surface area contributed by atoms with Gasteiger partial charge in [-0.15, -0.1) is 0 Å². The Morgan fingerprint density at radius 2 is 1.88 bits per heavy atom. The van der Waals surface area contributed by atoms with Gasteiger partial charge < -0.3 is 10.1 Å². The van der Waals surface area contributed by atoms with Crippen LogP contribution in [0.3, 0.4) is 0 Å². The average Bonchev–Trinajstić information content (AvgIpc) is 3.21. The molecule has 1 aliphatic rings. The van der Waals surface area contributed by atoms with Crippen molar-refractivity contribution in [3.63, 3.8) is 0 Å². The summed E-state index contributed by atoms with van der Waals surface area (Å²) in [4.78, 5) is 20.1. The molecule has 0 bridgehead atoms. The van der Waals surface area contributed by atoms with Gasteiger partial charge in [0.1, 0.15) is 5.69 Å². The van der Waals surface area contributed by atoms with Crippen LogP contribution >= 0.6 is 15.9 Å². The van der Waals surface area contributed by atoms with Crippen molar-refractivity contribution in [1.82, 2.24) is 9.88 Å². The number of carbonyl (C=O) groups excluding carboxylic acids is 1. The number of hydrogen-bond acceptors (Lipinski definition) is 4. The topological polar surface area (TPSA) is 54.5 Å². The Hall–Kier alpha value is -2.84. The van der Waals surface area contributed by atoms with Gasteiger partial charge in [0.2, 0.25) is 11.8 Å². The van der Waals surface area contributed by atoms with Gasteiger partial charge >= 0.3 is 6.61 Å². The first-order valence-electron chi connectivity index (χ1n) is 10.6. The lowest BCUT2D eigenvalue weighted by Crippen LogP contribution is -2.43. The fourth-order valence-corrected chi connectivity index (χ4v) is 4.95. The summed E-state index contributed by atoms with van der Waals surface area (Å²) in [5.41, 5.74) is 1.78. The van der Waals surface area contributed by atoms with Crippen LogP contribution in [-0.4, -0.2) is 35.5 Å². The van der Waals surface area contributed by atoms with Crippen LogP contribution in [0.2, 0.25) is 0 Å². The lowest BCUT2D eigenvalue weighted by molar-refractivity contribution is -0.121. The van der Waals surface area contributed by atoms with E-state index in [-0.39, 0.29) is 17.5 Å². The van der Waals surface area contributed by atoms with E-state index in [9.17, 15) is 13.6 Å². The van der Waals surface area contributed by atoms with Crippen LogP contribution < -0.4 is 10.1 Å². The molecule has 1 saturated heterocycles. The minimum Gasteiger partial charge on any atom is -0.415 e. The molecule has 3 aromatic rings. The first-order valence-corrected chi connectivity index (χ1v) is 11.4. The molecule has 0 saturated carbocycles. The Balaban J connectivity index is 1.65. The molecule has 172 valence electrons. The maximum atomic E-state index is 13.8. The van der Waals surface area contributed by atoms with Crippen molar-refractivity contribution in [2.75, 3.05) is 18.4 Å². The molecule has 8 heteroatoms. The molecule has 0 spiro atoms. The van der Waals surface area contributed by atoms with Crippen LogP contribution in [0.15, 0.2) is 71.2 Å². The normalized spacial score (nSPS) is 18.5. The summed E-state index contributed by atoms with van der Waals surface area (Å²) in [5, 5.41) is 2.83. The maximum absolute atomic E-state index is 13.8. The molecule has 1 fully saturated rings.